The number of ether oxygens (including phenoxy) is 1. The van der Waals surface area contributed by atoms with Gasteiger partial charge in [-0.05, 0) is 45.8 Å². The maximum absolute atomic E-state index is 11.9. The summed E-state index contributed by atoms with van der Waals surface area (Å²) >= 11 is 0. The number of alkyl carbamates (subject to hydrolysis) is 1. The Bertz CT molecular complexity index is 380. The van der Waals surface area contributed by atoms with Gasteiger partial charge >= 0.3 is 6.09 Å². The monoisotopic (exact) mass is 315 g/mol. The summed E-state index contributed by atoms with van der Waals surface area (Å²) in [5.41, 5.74) is -1.16. The standard InChI is InChI=1S/C16H33NO3Si/c1-11-16(8,17-13(18)20-14(2,3)4)12-19-21(9,10)15(5,6)7/h11H,1,12H2,2-10H3,(H,17,18). The molecule has 0 radical (unpaired) electrons. The number of amides is 1. The van der Waals surface area contributed by atoms with Gasteiger partial charge in [-0.1, -0.05) is 26.8 Å². The molecule has 0 aliphatic rings. The molecule has 21 heavy (non-hydrogen) atoms. The molecule has 0 fully saturated rings. The third-order valence-electron chi connectivity index (χ3n) is 3.78. The van der Waals surface area contributed by atoms with Gasteiger partial charge in [-0.15, -0.1) is 6.58 Å². The largest absolute Gasteiger partial charge is 0.444 e. The van der Waals surface area contributed by atoms with Gasteiger partial charge in [0, 0.05) is 0 Å². The van der Waals surface area contributed by atoms with Crippen LogP contribution in [0.1, 0.15) is 48.5 Å². The second-order valence-corrected chi connectivity index (χ2v) is 13.1. The molecule has 1 N–H and O–H groups in total. The average Bonchev–Trinajstić information content (AvgIpc) is 2.22. The maximum Gasteiger partial charge on any atom is 0.408 e. The predicted octanol–water partition coefficient (Wildman–Crippen LogP) is 4.48. The lowest BCUT2D eigenvalue weighted by atomic mass is 10.1. The summed E-state index contributed by atoms with van der Waals surface area (Å²) in [5, 5.41) is 2.97. The van der Waals surface area contributed by atoms with Crippen LogP contribution in [-0.4, -0.2) is 32.2 Å². The van der Waals surface area contributed by atoms with E-state index in [0.717, 1.165) is 0 Å². The van der Waals surface area contributed by atoms with E-state index >= 15 is 0 Å². The topological polar surface area (TPSA) is 47.6 Å². The Morgan fingerprint density at radius 3 is 1.95 bits per heavy atom. The van der Waals surface area contributed by atoms with Crippen molar-refractivity contribution < 1.29 is 14.0 Å². The second kappa shape index (κ2) is 6.52. The van der Waals surface area contributed by atoms with Crippen LogP contribution in [0.2, 0.25) is 18.1 Å². The molecule has 1 amide bonds. The third-order valence-corrected chi connectivity index (χ3v) is 8.25. The first-order chi connectivity index (χ1) is 9.12. The maximum atomic E-state index is 11.9. The average molecular weight is 316 g/mol. The van der Waals surface area contributed by atoms with Crippen molar-refractivity contribution in [2.24, 2.45) is 0 Å². The van der Waals surface area contributed by atoms with Gasteiger partial charge < -0.3 is 14.5 Å². The number of carbonyl (C=O) groups is 1. The van der Waals surface area contributed by atoms with Gasteiger partial charge in [-0.25, -0.2) is 4.79 Å². The predicted molar refractivity (Wildman–Crippen MR) is 91.1 cm³/mol. The van der Waals surface area contributed by atoms with E-state index in [0.29, 0.717) is 6.61 Å². The van der Waals surface area contributed by atoms with E-state index in [2.05, 4.69) is 45.8 Å². The fraction of sp³-hybridized carbons (Fsp3) is 0.812. The van der Waals surface area contributed by atoms with Crippen LogP contribution < -0.4 is 5.32 Å². The van der Waals surface area contributed by atoms with Crippen molar-refractivity contribution in [1.82, 2.24) is 5.32 Å². The van der Waals surface area contributed by atoms with Gasteiger partial charge in [0.1, 0.15) is 5.60 Å². The molecule has 1 unspecified atom stereocenters. The summed E-state index contributed by atoms with van der Waals surface area (Å²) in [6, 6.07) is 0. The van der Waals surface area contributed by atoms with E-state index in [4.69, 9.17) is 9.16 Å². The van der Waals surface area contributed by atoms with Crippen LogP contribution in [0.3, 0.4) is 0 Å². The second-order valence-electron chi connectivity index (χ2n) is 8.30. The molecule has 0 aliphatic carbocycles. The van der Waals surface area contributed by atoms with Gasteiger partial charge in [0.15, 0.2) is 8.32 Å². The lowest BCUT2D eigenvalue weighted by Gasteiger charge is -2.39. The van der Waals surface area contributed by atoms with Crippen molar-refractivity contribution >= 4 is 14.4 Å². The van der Waals surface area contributed by atoms with Crippen LogP contribution in [0.5, 0.6) is 0 Å². The van der Waals surface area contributed by atoms with E-state index < -0.39 is 25.6 Å². The third kappa shape index (κ3) is 7.13. The van der Waals surface area contributed by atoms with E-state index in [1.165, 1.54) is 0 Å². The Balaban J connectivity index is 4.76. The normalized spacial score (nSPS) is 16.0. The van der Waals surface area contributed by atoms with Crippen molar-refractivity contribution in [2.45, 2.75) is 77.7 Å². The van der Waals surface area contributed by atoms with Crippen LogP contribution >= 0.6 is 0 Å². The number of carbonyl (C=O) groups excluding carboxylic acids is 1. The van der Waals surface area contributed by atoms with Crippen molar-refractivity contribution in [3.05, 3.63) is 12.7 Å². The van der Waals surface area contributed by atoms with Gasteiger partial charge in [-0.2, -0.15) is 0 Å². The van der Waals surface area contributed by atoms with E-state index in [1.807, 2.05) is 27.7 Å². The minimum atomic E-state index is -1.87. The number of rotatable bonds is 5. The molecule has 0 aliphatic heterocycles. The Hall–Kier alpha value is -0.813. The Labute approximate surface area is 131 Å². The zero-order valence-corrected chi connectivity index (χ0v) is 16.2. The zero-order valence-electron chi connectivity index (χ0n) is 15.2. The molecule has 0 bridgehead atoms. The number of hydrogen-bond acceptors (Lipinski definition) is 3. The molecular formula is C16H33NO3Si. The minimum Gasteiger partial charge on any atom is -0.444 e. The summed E-state index contributed by atoms with van der Waals surface area (Å²) in [5.74, 6) is 0. The zero-order chi connectivity index (χ0) is 17.1. The van der Waals surface area contributed by atoms with Crippen molar-refractivity contribution in [2.75, 3.05) is 6.61 Å². The fourth-order valence-corrected chi connectivity index (χ4v) is 2.32. The summed E-state index contributed by atoms with van der Waals surface area (Å²) in [6.07, 6.45) is 1.24. The quantitative estimate of drug-likeness (QED) is 0.601. The summed E-state index contributed by atoms with van der Waals surface area (Å²) in [7, 11) is -1.87. The highest BCUT2D eigenvalue weighted by Crippen LogP contribution is 2.37. The Morgan fingerprint density at radius 2 is 1.62 bits per heavy atom. The molecule has 0 saturated carbocycles. The van der Waals surface area contributed by atoms with E-state index in [1.54, 1.807) is 6.08 Å². The lowest BCUT2D eigenvalue weighted by Crippen LogP contribution is -2.53. The smallest absolute Gasteiger partial charge is 0.408 e. The highest BCUT2D eigenvalue weighted by atomic mass is 28.4. The van der Waals surface area contributed by atoms with E-state index in [9.17, 15) is 4.79 Å². The molecule has 1 atom stereocenters. The van der Waals surface area contributed by atoms with Crippen LogP contribution in [0.25, 0.3) is 0 Å². The summed E-state index contributed by atoms with van der Waals surface area (Å²) < 4.78 is 11.5. The van der Waals surface area contributed by atoms with Crippen LogP contribution in [0.15, 0.2) is 12.7 Å². The van der Waals surface area contributed by atoms with Gasteiger partial charge in [0.25, 0.3) is 0 Å². The molecule has 124 valence electrons. The van der Waals surface area contributed by atoms with E-state index in [-0.39, 0.29) is 5.04 Å². The highest BCUT2D eigenvalue weighted by molar-refractivity contribution is 6.74. The number of hydrogen-bond donors (Lipinski definition) is 1. The molecule has 4 nitrogen and oxygen atoms in total. The van der Waals surface area contributed by atoms with Crippen LogP contribution in [-0.2, 0) is 9.16 Å². The van der Waals surface area contributed by atoms with Crippen molar-refractivity contribution in [3.8, 4) is 0 Å². The summed E-state index contributed by atoms with van der Waals surface area (Å²) in [6.45, 7) is 22.5. The molecule has 0 rings (SSSR count). The van der Waals surface area contributed by atoms with Crippen molar-refractivity contribution in [3.63, 3.8) is 0 Å². The van der Waals surface area contributed by atoms with Gasteiger partial charge in [0.05, 0.1) is 12.1 Å². The molecule has 0 aromatic carbocycles. The fourth-order valence-electron chi connectivity index (χ4n) is 1.23. The minimum absolute atomic E-state index is 0.126. The summed E-state index contributed by atoms with van der Waals surface area (Å²) in [4.78, 5) is 11.9. The molecular weight excluding hydrogens is 282 g/mol. The Morgan fingerprint density at radius 1 is 1.14 bits per heavy atom. The van der Waals surface area contributed by atoms with Gasteiger partial charge in [0.2, 0.25) is 0 Å². The molecule has 0 heterocycles. The highest BCUT2D eigenvalue weighted by Gasteiger charge is 2.39. The first kappa shape index (κ1) is 20.2. The van der Waals surface area contributed by atoms with Crippen LogP contribution in [0.4, 0.5) is 4.79 Å². The molecule has 0 saturated heterocycles. The van der Waals surface area contributed by atoms with Crippen molar-refractivity contribution in [1.29, 1.82) is 0 Å². The first-order valence-electron chi connectivity index (χ1n) is 7.41. The van der Waals surface area contributed by atoms with Gasteiger partial charge in [-0.3, -0.25) is 0 Å². The SMILES string of the molecule is C=CC(C)(CO[Si](C)(C)C(C)(C)C)NC(=O)OC(C)(C)C. The Kier molecular flexibility index (Phi) is 6.27. The first-order valence-corrected chi connectivity index (χ1v) is 10.3. The number of nitrogens with one attached hydrogen (secondary N) is 1. The van der Waals surface area contributed by atoms with Crippen LogP contribution in [0, 0.1) is 0 Å². The lowest BCUT2D eigenvalue weighted by molar-refractivity contribution is 0.0455. The molecule has 5 heteroatoms. The molecule has 0 spiro atoms. The molecule has 0 aromatic rings. The molecule has 0 aromatic heterocycles.